The van der Waals surface area contributed by atoms with Crippen molar-refractivity contribution in [3.8, 4) is 23.0 Å². The lowest BCUT2D eigenvalue weighted by molar-refractivity contribution is 0.601. The van der Waals surface area contributed by atoms with Gasteiger partial charge in [-0.1, -0.05) is 54.3 Å². The first kappa shape index (κ1) is 19.1. The van der Waals surface area contributed by atoms with Gasteiger partial charge in [-0.15, -0.1) is 0 Å². The Morgan fingerprint density at radius 3 is 2.48 bits per heavy atom. The summed E-state index contributed by atoms with van der Waals surface area (Å²) in [5.74, 6) is 6.06. The second kappa shape index (κ2) is 7.75. The van der Waals surface area contributed by atoms with Crippen LogP contribution in [0.2, 0.25) is 0 Å². The number of para-hydroxylation sites is 1. The SMILES string of the molecule is O=S(=O)(Nc1ccccc1C#Cc1cccnc1)c1ccc2c(c1)Cc1ccccc1-2. The largest absolute Gasteiger partial charge is 0.278 e. The Hall–Kier alpha value is -3.88. The van der Waals surface area contributed by atoms with Crippen LogP contribution in [0.25, 0.3) is 11.1 Å². The Morgan fingerprint density at radius 2 is 1.61 bits per heavy atom. The molecule has 1 heterocycles. The molecular weight excluding hydrogens is 404 g/mol. The molecule has 0 bridgehead atoms. The lowest BCUT2D eigenvalue weighted by atomic mass is 10.1. The van der Waals surface area contributed by atoms with Crippen LogP contribution in [0.1, 0.15) is 22.3 Å². The molecule has 0 spiro atoms. The van der Waals surface area contributed by atoms with Gasteiger partial charge in [0.1, 0.15) is 0 Å². The summed E-state index contributed by atoms with van der Waals surface area (Å²) in [7, 11) is -3.76. The molecule has 31 heavy (non-hydrogen) atoms. The third kappa shape index (κ3) is 3.81. The Balaban J connectivity index is 1.45. The average Bonchev–Trinajstić information content (AvgIpc) is 3.17. The highest BCUT2D eigenvalue weighted by Gasteiger charge is 2.22. The Morgan fingerprint density at radius 1 is 0.806 bits per heavy atom. The second-order valence-corrected chi connectivity index (χ2v) is 8.98. The lowest BCUT2D eigenvalue weighted by Gasteiger charge is -2.11. The van der Waals surface area contributed by atoms with Gasteiger partial charge in [0.05, 0.1) is 10.6 Å². The van der Waals surface area contributed by atoms with Crippen molar-refractivity contribution < 1.29 is 8.42 Å². The molecule has 5 heteroatoms. The molecule has 1 aliphatic carbocycles. The van der Waals surface area contributed by atoms with E-state index in [1.807, 2.05) is 36.4 Å². The van der Waals surface area contributed by atoms with E-state index >= 15 is 0 Å². The molecule has 0 amide bonds. The standard InChI is InChI=1S/C26H18N2O2S/c29-31(30,23-13-14-25-22(17-23)16-21-8-1-3-9-24(21)25)28-26-10-4-2-7-20(26)12-11-19-6-5-15-27-18-19/h1-10,13-15,17-18,28H,16H2. The Labute approximate surface area is 181 Å². The highest BCUT2D eigenvalue weighted by atomic mass is 32.2. The van der Waals surface area contributed by atoms with E-state index in [4.69, 9.17) is 0 Å². The quantitative estimate of drug-likeness (QED) is 0.423. The van der Waals surface area contributed by atoms with Gasteiger partial charge in [-0.3, -0.25) is 9.71 Å². The summed E-state index contributed by atoms with van der Waals surface area (Å²) in [6.45, 7) is 0. The van der Waals surface area contributed by atoms with E-state index in [9.17, 15) is 8.42 Å². The van der Waals surface area contributed by atoms with E-state index < -0.39 is 10.0 Å². The number of pyridine rings is 1. The minimum atomic E-state index is -3.76. The van der Waals surface area contributed by atoms with Crippen LogP contribution >= 0.6 is 0 Å². The molecule has 0 atom stereocenters. The molecule has 4 nitrogen and oxygen atoms in total. The summed E-state index contributed by atoms with van der Waals surface area (Å²) in [5.41, 5.74) is 6.32. The number of rotatable bonds is 3. The van der Waals surface area contributed by atoms with Gasteiger partial charge < -0.3 is 0 Å². The molecule has 0 saturated heterocycles. The van der Waals surface area contributed by atoms with Crippen LogP contribution in [0.5, 0.6) is 0 Å². The number of hydrogen-bond donors (Lipinski definition) is 1. The van der Waals surface area contributed by atoms with Gasteiger partial charge in [0.2, 0.25) is 0 Å². The molecule has 1 aliphatic rings. The number of hydrogen-bond acceptors (Lipinski definition) is 3. The monoisotopic (exact) mass is 422 g/mol. The highest BCUT2D eigenvalue weighted by molar-refractivity contribution is 7.92. The van der Waals surface area contributed by atoms with Crippen LogP contribution in [-0.2, 0) is 16.4 Å². The summed E-state index contributed by atoms with van der Waals surface area (Å²) < 4.78 is 29.0. The fourth-order valence-corrected chi connectivity index (χ4v) is 4.88. The van der Waals surface area contributed by atoms with Gasteiger partial charge in [0.25, 0.3) is 10.0 Å². The smallest absolute Gasteiger partial charge is 0.261 e. The molecule has 150 valence electrons. The molecule has 0 fully saturated rings. The van der Waals surface area contributed by atoms with Gasteiger partial charge in [-0.05, 0) is 65.1 Å². The van der Waals surface area contributed by atoms with Gasteiger partial charge in [-0.25, -0.2) is 8.42 Å². The third-order valence-electron chi connectivity index (χ3n) is 5.25. The average molecular weight is 423 g/mol. The lowest BCUT2D eigenvalue weighted by Crippen LogP contribution is -2.14. The number of fused-ring (bicyclic) bond motifs is 3. The molecule has 4 aromatic rings. The maximum absolute atomic E-state index is 13.1. The van der Waals surface area contributed by atoms with Crippen molar-refractivity contribution in [2.45, 2.75) is 11.3 Å². The fraction of sp³-hybridized carbons (Fsp3) is 0.0385. The van der Waals surface area contributed by atoms with Crippen molar-refractivity contribution in [3.05, 3.63) is 114 Å². The van der Waals surface area contributed by atoms with Crippen molar-refractivity contribution in [3.63, 3.8) is 0 Å². The van der Waals surface area contributed by atoms with Crippen LogP contribution in [0.4, 0.5) is 5.69 Å². The van der Waals surface area contributed by atoms with E-state index in [1.54, 1.807) is 42.7 Å². The molecule has 5 rings (SSSR count). The molecule has 1 N–H and O–H groups in total. The third-order valence-corrected chi connectivity index (χ3v) is 6.61. The van der Waals surface area contributed by atoms with Gasteiger partial charge in [0.15, 0.2) is 0 Å². The van der Waals surface area contributed by atoms with Gasteiger partial charge in [-0.2, -0.15) is 0 Å². The number of nitrogens with one attached hydrogen (secondary N) is 1. The molecule has 0 unspecified atom stereocenters. The summed E-state index contributed by atoms with van der Waals surface area (Å²) in [6, 6.07) is 24.3. The normalized spacial score (nSPS) is 11.7. The molecule has 0 saturated carbocycles. The van der Waals surface area contributed by atoms with Crippen molar-refractivity contribution >= 4 is 15.7 Å². The first-order valence-corrected chi connectivity index (χ1v) is 11.3. The second-order valence-electron chi connectivity index (χ2n) is 7.30. The molecule has 0 radical (unpaired) electrons. The topological polar surface area (TPSA) is 59.1 Å². The van der Waals surface area contributed by atoms with Crippen molar-refractivity contribution in [1.82, 2.24) is 4.98 Å². The van der Waals surface area contributed by atoms with Crippen LogP contribution in [0, 0.1) is 11.8 Å². The maximum atomic E-state index is 13.1. The number of aromatic nitrogens is 1. The number of nitrogens with zero attached hydrogens (tertiary/aromatic N) is 1. The van der Waals surface area contributed by atoms with Gasteiger partial charge >= 0.3 is 0 Å². The first-order valence-electron chi connectivity index (χ1n) is 9.85. The van der Waals surface area contributed by atoms with Crippen LogP contribution in [0.15, 0.2) is 96.2 Å². The number of anilines is 1. The van der Waals surface area contributed by atoms with E-state index in [2.05, 4.69) is 33.7 Å². The van der Waals surface area contributed by atoms with Crippen LogP contribution in [0.3, 0.4) is 0 Å². The zero-order chi connectivity index (χ0) is 21.3. The summed E-state index contributed by atoms with van der Waals surface area (Å²) in [4.78, 5) is 4.29. The predicted octanol–water partition coefficient (Wildman–Crippen LogP) is 4.85. The summed E-state index contributed by atoms with van der Waals surface area (Å²) in [6.07, 6.45) is 4.09. The zero-order valence-electron chi connectivity index (χ0n) is 16.5. The molecular formula is C26H18N2O2S. The number of sulfonamides is 1. The zero-order valence-corrected chi connectivity index (χ0v) is 17.4. The van der Waals surface area contributed by atoms with Crippen LogP contribution in [-0.4, -0.2) is 13.4 Å². The Bertz CT molecular complexity index is 1450. The molecule has 0 aliphatic heterocycles. The summed E-state index contributed by atoms with van der Waals surface area (Å²) >= 11 is 0. The van der Waals surface area contributed by atoms with E-state index in [1.165, 1.54) is 11.1 Å². The van der Waals surface area contributed by atoms with E-state index in [0.29, 0.717) is 11.3 Å². The maximum Gasteiger partial charge on any atom is 0.261 e. The molecule has 1 aromatic heterocycles. The van der Waals surface area contributed by atoms with Crippen molar-refractivity contribution in [1.29, 1.82) is 0 Å². The van der Waals surface area contributed by atoms with Crippen molar-refractivity contribution in [2.24, 2.45) is 0 Å². The summed E-state index contributed by atoms with van der Waals surface area (Å²) in [5, 5.41) is 0. The minimum Gasteiger partial charge on any atom is -0.278 e. The minimum absolute atomic E-state index is 0.245. The van der Waals surface area contributed by atoms with Crippen LogP contribution < -0.4 is 4.72 Å². The highest BCUT2D eigenvalue weighted by Crippen LogP contribution is 2.37. The fourth-order valence-electron chi connectivity index (χ4n) is 3.75. The number of benzene rings is 3. The molecule has 3 aromatic carbocycles. The van der Waals surface area contributed by atoms with E-state index in [-0.39, 0.29) is 4.90 Å². The predicted molar refractivity (Wildman–Crippen MR) is 122 cm³/mol. The Kier molecular flexibility index (Phi) is 4.78. The van der Waals surface area contributed by atoms with Gasteiger partial charge in [0, 0.05) is 23.5 Å². The van der Waals surface area contributed by atoms with E-state index in [0.717, 1.165) is 23.1 Å². The first-order chi connectivity index (χ1) is 15.1. The van der Waals surface area contributed by atoms with Crippen molar-refractivity contribution in [2.75, 3.05) is 4.72 Å².